The summed E-state index contributed by atoms with van der Waals surface area (Å²) in [5, 5.41) is 9.25. The Bertz CT molecular complexity index is 576. The predicted molar refractivity (Wildman–Crippen MR) is 75.6 cm³/mol. The van der Waals surface area contributed by atoms with Crippen molar-refractivity contribution in [3.05, 3.63) is 47.6 Å². The highest BCUT2D eigenvalue weighted by Crippen LogP contribution is 2.58. The molecule has 3 aliphatic carbocycles. The van der Waals surface area contributed by atoms with Crippen LogP contribution in [0.25, 0.3) is 6.08 Å². The molecule has 2 bridgehead atoms. The van der Waals surface area contributed by atoms with Crippen LogP contribution in [0.15, 0.2) is 42.0 Å². The van der Waals surface area contributed by atoms with Crippen LogP contribution in [0.5, 0.6) is 5.75 Å². The van der Waals surface area contributed by atoms with Gasteiger partial charge in [0.05, 0.1) is 0 Å². The van der Waals surface area contributed by atoms with Crippen molar-refractivity contribution in [3.63, 3.8) is 0 Å². The van der Waals surface area contributed by atoms with Crippen LogP contribution in [0.4, 0.5) is 0 Å². The van der Waals surface area contributed by atoms with E-state index in [1.807, 2.05) is 24.3 Å². The molecular weight excluding hydrogens is 236 g/mol. The maximum Gasteiger partial charge on any atom is 0.159 e. The van der Waals surface area contributed by atoms with E-state index in [2.05, 4.69) is 13.8 Å². The van der Waals surface area contributed by atoms with Crippen molar-refractivity contribution in [3.8, 4) is 5.75 Å². The quantitative estimate of drug-likeness (QED) is 0.876. The summed E-state index contributed by atoms with van der Waals surface area (Å²) in [5.41, 5.74) is 2.29. The number of fused-ring (bicyclic) bond motifs is 1. The Labute approximate surface area is 113 Å². The summed E-state index contributed by atoms with van der Waals surface area (Å²) in [5.74, 6) is 1.27. The van der Waals surface area contributed by atoms with Crippen molar-refractivity contribution >= 4 is 11.9 Å². The molecule has 0 spiro atoms. The molecule has 1 aromatic carbocycles. The first-order valence-electron chi connectivity index (χ1n) is 6.71. The van der Waals surface area contributed by atoms with Crippen LogP contribution in [-0.2, 0) is 4.79 Å². The molecule has 2 heteroatoms. The van der Waals surface area contributed by atoms with Gasteiger partial charge in [0.25, 0.3) is 0 Å². The van der Waals surface area contributed by atoms with Gasteiger partial charge in [0.1, 0.15) is 5.75 Å². The first kappa shape index (κ1) is 12.2. The Balaban J connectivity index is 1.84. The average Bonchev–Trinajstić information content (AvgIpc) is 2.37. The van der Waals surface area contributed by atoms with Gasteiger partial charge in [-0.1, -0.05) is 38.1 Å². The largest absolute Gasteiger partial charge is 0.508 e. The first-order valence-corrected chi connectivity index (χ1v) is 6.71. The molecule has 0 aliphatic heterocycles. The second kappa shape index (κ2) is 4.09. The van der Waals surface area contributed by atoms with Gasteiger partial charge in [-0.2, -0.15) is 0 Å². The fourth-order valence-corrected chi connectivity index (χ4v) is 3.28. The number of aromatic hydroxyl groups is 1. The molecule has 1 saturated carbocycles. The third kappa shape index (κ3) is 1.92. The predicted octanol–water partition coefficient (Wildman–Crippen LogP) is 3.58. The molecule has 19 heavy (non-hydrogen) atoms. The topological polar surface area (TPSA) is 37.3 Å². The van der Waals surface area contributed by atoms with E-state index in [1.165, 1.54) is 0 Å². The highest BCUT2D eigenvalue weighted by Gasteiger charge is 2.54. The van der Waals surface area contributed by atoms with E-state index in [9.17, 15) is 9.90 Å². The molecule has 2 nitrogen and oxygen atoms in total. The van der Waals surface area contributed by atoms with Gasteiger partial charge >= 0.3 is 0 Å². The van der Waals surface area contributed by atoms with E-state index >= 15 is 0 Å². The van der Waals surface area contributed by atoms with Crippen LogP contribution in [0.1, 0.15) is 25.8 Å². The number of ketones is 1. The molecule has 0 radical (unpaired) electrons. The Hall–Kier alpha value is -1.83. The summed E-state index contributed by atoms with van der Waals surface area (Å²) in [6.07, 6.45) is 6.86. The normalized spacial score (nSPS) is 28.1. The van der Waals surface area contributed by atoms with E-state index in [1.54, 1.807) is 18.2 Å². The number of rotatable bonds is 2. The van der Waals surface area contributed by atoms with Gasteiger partial charge in [0.15, 0.2) is 5.78 Å². The SMILES string of the molecule is CC1(C)C2CC1C(/C=C/c1ccc(O)cc1)=CC2=O. The molecule has 0 heterocycles. The number of phenolic OH excluding ortho intramolecular Hbond substituents is 1. The van der Waals surface area contributed by atoms with Gasteiger partial charge in [-0.3, -0.25) is 4.79 Å². The highest BCUT2D eigenvalue weighted by atomic mass is 16.3. The van der Waals surface area contributed by atoms with Gasteiger partial charge in [-0.15, -0.1) is 0 Å². The minimum Gasteiger partial charge on any atom is -0.508 e. The number of allylic oxidation sites excluding steroid dienone is 3. The number of phenols is 1. The maximum absolute atomic E-state index is 12.0. The zero-order valence-corrected chi connectivity index (χ0v) is 11.3. The van der Waals surface area contributed by atoms with Crippen molar-refractivity contribution < 1.29 is 9.90 Å². The van der Waals surface area contributed by atoms with E-state index in [4.69, 9.17) is 0 Å². The summed E-state index contributed by atoms with van der Waals surface area (Å²) < 4.78 is 0. The minimum atomic E-state index is 0.112. The lowest BCUT2D eigenvalue weighted by atomic mass is 9.48. The molecule has 2 atom stereocenters. The summed E-state index contributed by atoms with van der Waals surface area (Å²) in [4.78, 5) is 12.0. The van der Waals surface area contributed by atoms with E-state index in [-0.39, 0.29) is 22.9 Å². The van der Waals surface area contributed by atoms with Crippen LogP contribution in [-0.4, -0.2) is 10.9 Å². The van der Waals surface area contributed by atoms with Gasteiger partial charge in [0, 0.05) is 5.92 Å². The maximum atomic E-state index is 12.0. The lowest BCUT2D eigenvalue weighted by molar-refractivity contribution is -0.133. The second-order valence-electron chi connectivity index (χ2n) is 6.13. The number of hydrogen-bond acceptors (Lipinski definition) is 2. The summed E-state index contributed by atoms with van der Waals surface area (Å²) in [6.45, 7) is 4.37. The molecule has 1 fully saturated rings. The van der Waals surface area contributed by atoms with Crippen LogP contribution >= 0.6 is 0 Å². The van der Waals surface area contributed by atoms with Crippen LogP contribution in [0.3, 0.4) is 0 Å². The summed E-state index contributed by atoms with van der Waals surface area (Å²) in [6, 6.07) is 7.07. The summed E-state index contributed by atoms with van der Waals surface area (Å²) >= 11 is 0. The van der Waals surface area contributed by atoms with Crippen molar-refractivity contribution in [2.45, 2.75) is 20.3 Å². The van der Waals surface area contributed by atoms with E-state index < -0.39 is 0 Å². The van der Waals surface area contributed by atoms with E-state index in [0.29, 0.717) is 5.92 Å². The minimum absolute atomic E-state index is 0.112. The molecule has 0 saturated heterocycles. The zero-order chi connectivity index (χ0) is 13.6. The smallest absolute Gasteiger partial charge is 0.159 e. The monoisotopic (exact) mass is 254 g/mol. The Morgan fingerprint density at radius 3 is 2.42 bits per heavy atom. The Morgan fingerprint density at radius 2 is 1.84 bits per heavy atom. The van der Waals surface area contributed by atoms with Crippen molar-refractivity contribution in [1.82, 2.24) is 0 Å². The number of carbonyl (C=O) groups is 1. The zero-order valence-electron chi connectivity index (χ0n) is 11.3. The van der Waals surface area contributed by atoms with Crippen LogP contribution in [0.2, 0.25) is 0 Å². The van der Waals surface area contributed by atoms with Crippen LogP contribution < -0.4 is 0 Å². The van der Waals surface area contributed by atoms with E-state index in [0.717, 1.165) is 17.6 Å². The molecule has 0 amide bonds. The average molecular weight is 254 g/mol. The molecule has 3 aliphatic rings. The first-order chi connectivity index (χ1) is 8.98. The van der Waals surface area contributed by atoms with Crippen LogP contribution in [0, 0.1) is 17.3 Å². The molecule has 98 valence electrons. The number of hydrogen-bond donors (Lipinski definition) is 1. The third-order valence-electron chi connectivity index (χ3n) is 4.68. The van der Waals surface area contributed by atoms with Gasteiger partial charge in [-0.05, 0) is 47.1 Å². The van der Waals surface area contributed by atoms with Gasteiger partial charge in [0.2, 0.25) is 0 Å². The fourth-order valence-electron chi connectivity index (χ4n) is 3.28. The highest BCUT2D eigenvalue weighted by molar-refractivity contribution is 5.96. The molecule has 2 unspecified atom stereocenters. The molecule has 4 rings (SSSR count). The molecule has 1 aromatic rings. The number of benzene rings is 1. The van der Waals surface area contributed by atoms with Crippen molar-refractivity contribution in [2.24, 2.45) is 17.3 Å². The van der Waals surface area contributed by atoms with Crippen molar-refractivity contribution in [1.29, 1.82) is 0 Å². The molecule has 1 N–H and O–H groups in total. The van der Waals surface area contributed by atoms with Crippen molar-refractivity contribution in [2.75, 3.05) is 0 Å². The number of carbonyl (C=O) groups excluding carboxylic acids is 1. The molecular formula is C17H18O2. The molecule has 0 aromatic heterocycles. The lowest BCUT2D eigenvalue weighted by Gasteiger charge is -2.54. The second-order valence-corrected chi connectivity index (χ2v) is 6.13. The third-order valence-corrected chi connectivity index (χ3v) is 4.68. The Kier molecular flexibility index (Phi) is 2.63. The fraction of sp³-hybridized carbons (Fsp3) is 0.353. The van der Waals surface area contributed by atoms with Gasteiger partial charge in [-0.25, -0.2) is 0 Å². The lowest BCUT2D eigenvalue weighted by Crippen LogP contribution is -2.52. The standard InChI is InChI=1S/C17H18O2/c1-17(2)14-10-15(17)16(19)9-12(14)6-3-11-4-7-13(18)8-5-11/h3-9,14-15,18H,10H2,1-2H3/b6-3+. The van der Waals surface area contributed by atoms with Gasteiger partial charge < -0.3 is 5.11 Å². The Morgan fingerprint density at radius 1 is 1.16 bits per heavy atom. The summed E-state index contributed by atoms with van der Waals surface area (Å²) in [7, 11) is 0.